The van der Waals surface area contributed by atoms with Gasteiger partial charge in [-0.15, -0.1) is 0 Å². The number of anilines is 1. The number of carbonyl (C=O) groups is 2. The van der Waals surface area contributed by atoms with Crippen molar-refractivity contribution in [3.63, 3.8) is 0 Å². The summed E-state index contributed by atoms with van der Waals surface area (Å²) >= 11 is 0. The van der Waals surface area contributed by atoms with E-state index in [0.717, 1.165) is 30.5 Å². The van der Waals surface area contributed by atoms with Crippen molar-refractivity contribution < 1.29 is 32.6 Å². The zero-order valence-corrected chi connectivity index (χ0v) is 21.8. The fraction of sp³-hybridized carbons (Fsp3) is 0.500. The maximum absolute atomic E-state index is 13.5. The van der Waals surface area contributed by atoms with E-state index in [0.29, 0.717) is 36.6 Å². The summed E-state index contributed by atoms with van der Waals surface area (Å²) in [5, 5.41) is 12.7. The summed E-state index contributed by atoms with van der Waals surface area (Å²) in [6.07, 6.45) is -3.14. The van der Waals surface area contributed by atoms with Gasteiger partial charge in [0.25, 0.3) is 5.91 Å². The molecule has 10 heteroatoms. The molecule has 1 fully saturated rings. The lowest BCUT2D eigenvalue weighted by atomic mass is 9.98. The number of fused-ring (bicyclic) bond motifs is 1. The van der Waals surface area contributed by atoms with Crippen molar-refractivity contribution in [2.75, 3.05) is 32.1 Å². The van der Waals surface area contributed by atoms with E-state index in [1.807, 2.05) is 18.9 Å². The van der Waals surface area contributed by atoms with Crippen LogP contribution in [0.3, 0.4) is 0 Å². The highest BCUT2D eigenvalue weighted by atomic mass is 19.4. The lowest BCUT2D eigenvalue weighted by Gasteiger charge is -2.38. The molecule has 2 aliphatic rings. The van der Waals surface area contributed by atoms with Crippen molar-refractivity contribution in [3.8, 4) is 5.75 Å². The maximum atomic E-state index is 13.5. The molecule has 1 heterocycles. The topological polar surface area (TPSA) is 82.1 Å². The predicted octanol–water partition coefficient (Wildman–Crippen LogP) is 4.41. The van der Waals surface area contributed by atoms with Crippen LogP contribution in [0.15, 0.2) is 42.5 Å². The second kappa shape index (κ2) is 11.3. The van der Waals surface area contributed by atoms with Crippen molar-refractivity contribution in [2.45, 2.75) is 51.6 Å². The van der Waals surface area contributed by atoms with Gasteiger partial charge in [-0.2, -0.15) is 13.2 Å². The average molecular weight is 534 g/mol. The van der Waals surface area contributed by atoms with Crippen molar-refractivity contribution in [3.05, 3.63) is 59.2 Å². The number of nitrogens with one attached hydrogen (secondary N) is 1. The number of aliphatic hydroxyl groups excluding tert-OH is 1. The van der Waals surface area contributed by atoms with Crippen LogP contribution in [0.5, 0.6) is 5.75 Å². The molecule has 1 aliphatic heterocycles. The summed E-state index contributed by atoms with van der Waals surface area (Å²) in [5.41, 5.74) is 0.763. The number of halogens is 3. The fourth-order valence-electron chi connectivity index (χ4n) is 4.62. The lowest BCUT2D eigenvalue weighted by molar-refractivity contribution is -0.137. The molecule has 2 amide bonds. The third-order valence-electron chi connectivity index (χ3n) is 7.12. The monoisotopic (exact) mass is 533 g/mol. The lowest BCUT2D eigenvalue weighted by Crippen LogP contribution is -2.49. The highest BCUT2D eigenvalue weighted by molar-refractivity contribution is 6.02. The van der Waals surface area contributed by atoms with E-state index in [2.05, 4.69) is 5.32 Å². The molecule has 4 rings (SSSR count). The van der Waals surface area contributed by atoms with Gasteiger partial charge in [-0.05, 0) is 56.6 Å². The second-order valence-electron chi connectivity index (χ2n) is 10.5. The van der Waals surface area contributed by atoms with Crippen LogP contribution in [0.4, 0.5) is 18.9 Å². The first-order chi connectivity index (χ1) is 18.0. The molecular weight excluding hydrogens is 499 g/mol. The number of benzene rings is 2. The Bertz CT molecular complexity index is 1150. The van der Waals surface area contributed by atoms with E-state index in [1.165, 1.54) is 12.1 Å². The molecule has 38 heavy (non-hydrogen) atoms. The van der Waals surface area contributed by atoms with Crippen LogP contribution in [-0.4, -0.2) is 65.6 Å². The fourth-order valence-corrected chi connectivity index (χ4v) is 4.62. The molecule has 2 N–H and O–H groups in total. The third-order valence-corrected chi connectivity index (χ3v) is 7.12. The number of likely N-dealkylation sites (N-methyl/N-ethyl adjacent to an activating group) is 1. The Morgan fingerprint density at radius 3 is 2.50 bits per heavy atom. The molecule has 0 spiro atoms. The molecule has 2 aromatic rings. The molecule has 0 unspecified atom stereocenters. The van der Waals surface area contributed by atoms with Gasteiger partial charge in [-0.3, -0.25) is 14.5 Å². The zero-order chi connectivity index (χ0) is 27.6. The zero-order valence-electron chi connectivity index (χ0n) is 21.8. The number of hydrogen-bond acceptors (Lipinski definition) is 5. The van der Waals surface area contributed by atoms with Crippen LogP contribution in [0.2, 0.25) is 0 Å². The van der Waals surface area contributed by atoms with Crippen LogP contribution in [0.25, 0.3) is 0 Å². The van der Waals surface area contributed by atoms with Gasteiger partial charge in [0.15, 0.2) is 5.75 Å². The van der Waals surface area contributed by atoms with Gasteiger partial charge in [0.05, 0.1) is 29.5 Å². The minimum atomic E-state index is -4.39. The summed E-state index contributed by atoms with van der Waals surface area (Å²) in [4.78, 5) is 29.7. The second-order valence-corrected chi connectivity index (χ2v) is 10.5. The Hall–Kier alpha value is -3.11. The van der Waals surface area contributed by atoms with E-state index >= 15 is 0 Å². The Morgan fingerprint density at radius 1 is 1.21 bits per heavy atom. The summed E-state index contributed by atoms with van der Waals surface area (Å²) in [6.45, 7) is 4.69. The van der Waals surface area contributed by atoms with E-state index in [9.17, 15) is 27.9 Å². The Morgan fingerprint density at radius 2 is 1.89 bits per heavy atom. The number of nitrogens with zero attached hydrogens (tertiary/aromatic N) is 2. The Kier molecular flexibility index (Phi) is 8.32. The normalized spacial score (nSPS) is 20.8. The smallest absolute Gasteiger partial charge is 0.416 e. The van der Waals surface area contributed by atoms with Crippen molar-refractivity contribution >= 4 is 17.5 Å². The van der Waals surface area contributed by atoms with E-state index in [1.54, 1.807) is 30.0 Å². The number of hydrogen-bond donors (Lipinski definition) is 2. The van der Waals surface area contributed by atoms with E-state index in [-0.39, 0.29) is 30.3 Å². The van der Waals surface area contributed by atoms with Gasteiger partial charge in [0, 0.05) is 31.5 Å². The van der Waals surface area contributed by atoms with Crippen LogP contribution < -0.4 is 10.1 Å². The Balaban J connectivity index is 1.59. The number of aliphatic hydroxyl groups is 1. The van der Waals surface area contributed by atoms with Gasteiger partial charge >= 0.3 is 6.18 Å². The molecule has 1 saturated carbocycles. The number of alkyl halides is 3. The largest absolute Gasteiger partial charge is 0.486 e. The standard InChI is InChI=1S/C28H34F3N3O4/c1-17-13-34(18(2)16-35)27(37)22-5-4-6-23(32-26(36)20-9-10-20)25(22)38-24(17)15-33(3)14-19-7-11-21(12-8-19)28(29,30)31/h4-8,11-12,17-18,20,24,35H,9-10,13-16H2,1-3H3,(H,32,36)/t17-,18+,24-/m0/s1. The molecule has 0 bridgehead atoms. The number of ether oxygens (including phenoxy) is 1. The third kappa shape index (κ3) is 6.47. The highest BCUT2D eigenvalue weighted by Crippen LogP contribution is 2.37. The maximum Gasteiger partial charge on any atom is 0.416 e. The van der Waals surface area contributed by atoms with Gasteiger partial charge in [0.1, 0.15) is 6.10 Å². The minimum absolute atomic E-state index is 0.0365. The van der Waals surface area contributed by atoms with Crippen LogP contribution in [0.1, 0.15) is 48.2 Å². The number of rotatable bonds is 8. The molecule has 0 aromatic heterocycles. The average Bonchev–Trinajstić information content (AvgIpc) is 3.71. The molecule has 0 saturated heterocycles. The summed E-state index contributed by atoms with van der Waals surface area (Å²) in [7, 11) is 1.85. The molecule has 3 atom stereocenters. The van der Waals surface area contributed by atoms with Crippen molar-refractivity contribution in [1.82, 2.24) is 9.80 Å². The van der Waals surface area contributed by atoms with Crippen molar-refractivity contribution in [2.24, 2.45) is 11.8 Å². The highest BCUT2D eigenvalue weighted by Gasteiger charge is 2.36. The van der Waals surface area contributed by atoms with Gasteiger partial charge in [0.2, 0.25) is 5.91 Å². The number of carbonyl (C=O) groups excluding carboxylic acids is 2. The molecule has 2 aromatic carbocycles. The summed E-state index contributed by atoms with van der Waals surface area (Å²) in [6, 6.07) is 9.71. The SMILES string of the molecule is C[C@H](CO)N1C[C@H](C)[C@H](CN(C)Cc2ccc(C(F)(F)F)cc2)Oc2c(NC(=O)C3CC3)cccc2C1=O. The first kappa shape index (κ1) is 27.9. The number of para-hydroxylation sites is 1. The summed E-state index contributed by atoms with van der Waals surface area (Å²) in [5.74, 6) is -0.288. The van der Waals surface area contributed by atoms with Crippen LogP contribution >= 0.6 is 0 Å². The molecule has 7 nitrogen and oxygen atoms in total. The molecule has 206 valence electrons. The van der Waals surface area contributed by atoms with E-state index < -0.39 is 23.9 Å². The molecule has 1 aliphatic carbocycles. The predicted molar refractivity (Wildman–Crippen MR) is 137 cm³/mol. The van der Waals surface area contributed by atoms with E-state index in [4.69, 9.17) is 4.74 Å². The quantitative estimate of drug-likeness (QED) is 0.526. The summed E-state index contributed by atoms with van der Waals surface area (Å²) < 4.78 is 45.3. The Labute approximate surface area is 220 Å². The van der Waals surface area contributed by atoms with Crippen molar-refractivity contribution in [1.29, 1.82) is 0 Å². The van der Waals surface area contributed by atoms with Gasteiger partial charge in [-0.1, -0.05) is 25.1 Å². The van der Waals surface area contributed by atoms with Crippen LogP contribution in [-0.2, 0) is 17.5 Å². The first-order valence-corrected chi connectivity index (χ1v) is 12.8. The molecule has 0 radical (unpaired) electrons. The van der Waals surface area contributed by atoms with Gasteiger partial charge < -0.3 is 20.1 Å². The minimum Gasteiger partial charge on any atom is -0.486 e. The van der Waals surface area contributed by atoms with Gasteiger partial charge in [-0.25, -0.2) is 0 Å². The number of amides is 2. The molecular formula is C28H34F3N3O4. The van der Waals surface area contributed by atoms with Crippen LogP contribution in [0, 0.1) is 11.8 Å². The first-order valence-electron chi connectivity index (χ1n) is 12.8.